The molecule has 1 aromatic heterocycles. The highest BCUT2D eigenvalue weighted by Gasteiger charge is 2.26. The Balaban J connectivity index is 2.11. The maximum absolute atomic E-state index is 11.8. The average molecular weight is 305 g/mol. The Morgan fingerprint density at radius 2 is 2.24 bits per heavy atom. The molecule has 3 rings (SSSR count). The first-order valence-electron chi connectivity index (χ1n) is 6.44. The first kappa shape index (κ1) is 13.7. The van der Waals surface area contributed by atoms with Crippen molar-refractivity contribution in [1.82, 2.24) is 4.98 Å². The van der Waals surface area contributed by atoms with Gasteiger partial charge in [-0.15, -0.1) is 0 Å². The normalized spacial score (nSPS) is 13.3. The Bertz CT molecular complexity index is 690. The van der Waals surface area contributed by atoms with Crippen LogP contribution in [0.2, 0.25) is 5.02 Å². The summed E-state index contributed by atoms with van der Waals surface area (Å²) >= 11 is 6.22. The van der Waals surface area contributed by atoms with E-state index in [1.807, 2.05) is 11.0 Å². The van der Waals surface area contributed by atoms with Crippen molar-refractivity contribution in [2.24, 2.45) is 0 Å². The van der Waals surface area contributed by atoms with Gasteiger partial charge in [0.05, 0.1) is 24.4 Å². The molecule has 0 amide bonds. The quantitative estimate of drug-likeness (QED) is 0.798. The number of pyridine rings is 1. The minimum atomic E-state index is -0.430. The number of hydrogen-bond acceptors (Lipinski definition) is 5. The number of fused-ring (bicyclic) bond motifs is 1. The molecule has 0 N–H and O–H groups in total. The molecule has 5 nitrogen and oxygen atoms in total. The highest BCUT2D eigenvalue weighted by atomic mass is 35.5. The molecule has 2 aromatic rings. The maximum Gasteiger partial charge on any atom is 0.341 e. The lowest BCUT2D eigenvalue weighted by atomic mass is 10.1. The van der Waals surface area contributed by atoms with Gasteiger partial charge in [-0.2, -0.15) is 0 Å². The molecule has 1 aliphatic heterocycles. The highest BCUT2D eigenvalue weighted by Crippen LogP contribution is 2.40. The molecule has 2 heterocycles. The lowest BCUT2D eigenvalue weighted by Crippen LogP contribution is -2.30. The van der Waals surface area contributed by atoms with Crippen LogP contribution in [0.4, 0.5) is 11.5 Å². The number of carbonyl (C=O) groups is 1. The van der Waals surface area contributed by atoms with Crippen LogP contribution in [0.1, 0.15) is 10.4 Å². The Hall–Kier alpha value is -2.27. The zero-order valence-electron chi connectivity index (χ0n) is 11.4. The second kappa shape index (κ2) is 5.61. The van der Waals surface area contributed by atoms with Crippen LogP contribution in [0.3, 0.4) is 0 Å². The first-order valence-corrected chi connectivity index (χ1v) is 6.82. The second-order valence-corrected chi connectivity index (χ2v) is 4.86. The van der Waals surface area contributed by atoms with E-state index in [0.717, 1.165) is 5.69 Å². The second-order valence-electron chi connectivity index (χ2n) is 4.45. The highest BCUT2D eigenvalue weighted by molar-refractivity contribution is 6.33. The van der Waals surface area contributed by atoms with Gasteiger partial charge in [0.1, 0.15) is 12.2 Å². The van der Waals surface area contributed by atoms with Crippen molar-refractivity contribution >= 4 is 29.1 Å². The Labute approximate surface area is 127 Å². The molecule has 0 radical (unpaired) electrons. The summed E-state index contributed by atoms with van der Waals surface area (Å²) in [6, 6.07) is 8.88. The smallest absolute Gasteiger partial charge is 0.341 e. The van der Waals surface area contributed by atoms with E-state index in [2.05, 4.69) is 4.98 Å². The lowest BCUT2D eigenvalue weighted by molar-refractivity contribution is 0.0596. The van der Waals surface area contributed by atoms with Crippen molar-refractivity contribution in [3.05, 3.63) is 47.1 Å². The number of aromatic nitrogens is 1. The molecule has 0 unspecified atom stereocenters. The molecule has 0 saturated carbocycles. The number of ether oxygens (including phenoxy) is 2. The summed E-state index contributed by atoms with van der Waals surface area (Å²) in [5.41, 5.74) is 1.15. The monoisotopic (exact) mass is 304 g/mol. The first-order chi connectivity index (χ1) is 10.2. The average Bonchev–Trinajstić information content (AvgIpc) is 2.53. The zero-order chi connectivity index (χ0) is 14.8. The Kier molecular flexibility index (Phi) is 3.66. The van der Waals surface area contributed by atoms with E-state index in [-0.39, 0.29) is 0 Å². The van der Waals surface area contributed by atoms with Gasteiger partial charge in [0.2, 0.25) is 0 Å². The fourth-order valence-electron chi connectivity index (χ4n) is 2.32. The minimum Gasteiger partial charge on any atom is -0.489 e. The van der Waals surface area contributed by atoms with Crippen LogP contribution in [-0.4, -0.2) is 31.2 Å². The van der Waals surface area contributed by atoms with Gasteiger partial charge in [-0.3, -0.25) is 0 Å². The summed E-state index contributed by atoms with van der Waals surface area (Å²) in [5.74, 6) is 0.712. The maximum atomic E-state index is 11.8. The van der Waals surface area contributed by atoms with Gasteiger partial charge in [-0.05, 0) is 24.3 Å². The molecule has 1 aliphatic rings. The van der Waals surface area contributed by atoms with E-state index in [9.17, 15) is 4.79 Å². The summed E-state index contributed by atoms with van der Waals surface area (Å²) in [5, 5.41) is 0.550. The minimum absolute atomic E-state index is 0.395. The van der Waals surface area contributed by atoms with Gasteiger partial charge in [0.25, 0.3) is 0 Å². The number of methoxy groups -OCH3 is 1. The number of hydrogen-bond donors (Lipinski definition) is 0. The zero-order valence-corrected chi connectivity index (χ0v) is 12.1. The molecule has 0 aliphatic carbocycles. The SMILES string of the molecule is COC(=O)c1cccc2c1OCCN2c1ncccc1Cl. The Morgan fingerprint density at radius 1 is 1.38 bits per heavy atom. The summed E-state index contributed by atoms with van der Waals surface area (Å²) in [6.07, 6.45) is 1.68. The predicted octanol–water partition coefficient (Wildman–Crippen LogP) is 3.05. The molecule has 0 fully saturated rings. The third kappa shape index (κ3) is 2.40. The van der Waals surface area contributed by atoms with Gasteiger partial charge < -0.3 is 14.4 Å². The predicted molar refractivity (Wildman–Crippen MR) is 79.5 cm³/mol. The molecule has 1 aromatic carbocycles. The van der Waals surface area contributed by atoms with Crippen LogP contribution < -0.4 is 9.64 Å². The van der Waals surface area contributed by atoms with E-state index in [1.54, 1.807) is 30.5 Å². The number of anilines is 2. The standard InChI is InChI=1S/C15H13ClN2O3/c1-20-15(19)10-4-2-6-12-13(10)21-9-8-18(12)14-11(16)5-3-7-17-14/h2-7H,8-9H2,1H3. The fraction of sp³-hybridized carbons (Fsp3) is 0.200. The van der Waals surface area contributed by atoms with Crippen molar-refractivity contribution in [3.63, 3.8) is 0 Å². The van der Waals surface area contributed by atoms with Gasteiger partial charge >= 0.3 is 5.97 Å². The molecule has 0 bridgehead atoms. The number of benzene rings is 1. The van der Waals surface area contributed by atoms with Gasteiger partial charge in [-0.25, -0.2) is 9.78 Å². The van der Waals surface area contributed by atoms with Gasteiger partial charge in [0, 0.05) is 6.20 Å². The van der Waals surface area contributed by atoms with Crippen molar-refractivity contribution in [2.45, 2.75) is 0 Å². The summed E-state index contributed by atoms with van der Waals surface area (Å²) in [7, 11) is 1.35. The molecule has 21 heavy (non-hydrogen) atoms. The summed E-state index contributed by atoms with van der Waals surface area (Å²) in [6.45, 7) is 1.04. The van der Waals surface area contributed by atoms with E-state index >= 15 is 0 Å². The lowest BCUT2D eigenvalue weighted by Gasteiger charge is -2.31. The van der Waals surface area contributed by atoms with Crippen LogP contribution in [0, 0.1) is 0 Å². The number of rotatable bonds is 2. The van der Waals surface area contributed by atoms with Crippen LogP contribution in [0.25, 0.3) is 0 Å². The van der Waals surface area contributed by atoms with E-state index in [0.29, 0.717) is 35.3 Å². The number of para-hydroxylation sites is 1. The van der Waals surface area contributed by atoms with E-state index in [4.69, 9.17) is 21.1 Å². The molecule has 108 valence electrons. The van der Waals surface area contributed by atoms with Crippen molar-refractivity contribution in [1.29, 1.82) is 0 Å². The van der Waals surface area contributed by atoms with Crippen molar-refractivity contribution in [3.8, 4) is 5.75 Å². The van der Waals surface area contributed by atoms with E-state index in [1.165, 1.54) is 7.11 Å². The molecule has 0 spiro atoms. The Morgan fingerprint density at radius 3 is 3.00 bits per heavy atom. The van der Waals surface area contributed by atoms with Gasteiger partial charge in [0.15, 0.2) is 11.6 Å². The third-order valence-corrected chi connectivity index (χ3v) is 3.54. The van der Waals surface area contributed by atoms with E-state index < -0.39 is 5.97 Å². The topological polar surface area (TPSA) is 51.7 Å². The van der Waals surface area contributed by atoms with Gasteiger partial charge in [-0.1, -0.05) is 17.7 Å². The number of halogens is 1. The molecule has 6 heteroatoms. The van der Waals surface area contributed by atoms with Crippen LogP contribution in [0.5, 0.6) is 5.75 Å². The van der Waals surface area contributed by atoms with Crippen molar-refractivity contribution < 1.29 is 14.3 Å². The molecular formula is C15H13ClN2O3. The molecule has 0 atom stereocenters. The summed E-state index contributed by atoms with van der Waals surface area (Å²) < 4.78 is 10.4. The number of carbonyl (C=O) groups excluding carboxylic acids is 1. The molecular weight excluding hydrogens is 292 g/mol. The number of esters is 1. The number of nitrogens with zero attached hydrogens (tertiary/aromatic N) is 2. The largest absolute Gasteiger partial charge is 0.489 e. The van der Waals surface area contributed by atoms with Crippen LogP contribution in [0.15, 0.2) is 36.5 Å². The summed E-state index contributed by atoms with van der Waals surface area (Å²) in [4.78, 5) is 18.1. The molecule has 0 saturated heterocycles. The van der Waals surface area contributed by atoms with Crippen molar-refractivity contribution in [2.75, 3.05) is 25.2 Å². The third-order valence-electron chi connectivity index (χ3n) is 3.25. The fourth-order valence-corrected chi connectivity index (χ4v) is 2.54. The van der Waals surface area contributed by atoms with Crippen LogP contribution in [-0.2, 0) is 4.74 Å². The van der Waals surface area contributed by atoms with Crippen LogP contribution >= 0.6 is 11.6 Å².